The van der Waals surface area contributed by atoms with E-state index in [-0.39, 0.29) is 0 Å². The minimum Gasteiger partial charge on any atom is -0.493 e. The fourth-order valence-electron chi connectivity index (χ4n) is 2.09. The van der Waals surface area contributed by atoms with Crippen LogP contribution < -0.4 is 14.8 Å². The Hall–Kier alpha value is -1.26. The highest BCUT2D eigenvalue weighted by Gasteiger charge is 2.11. The van der Waals surface area contributed by atoms with E-state index in [9.17, 15) is 5.11 Å². The van der Waals surface area contributed by atoms with Crippen LogP contribution in [0.25, 0.3) is 0 Å². The molecule has 114 valence electrons. The molecule has 1 aromatic carbocycles. The molecule has 0 spiro atoms. The number of hydrogen-bond donors (Lipinski definition) is 2. The van der Waals surface area contributed by atoms with Crippen LogP contribution in [0.4, 0.5) is 0 Å². The fraction of sp³-hybridized carbons (Fsp3) is 0.625. The zero-order valence-electron chi connectivity index (χ0n) is 12.8. The average molecular weight is 281 g/mol. The van der Waals surface area contributed by atoms with Crippen LogP contribution >= 0.6 is 0 Å². The summed E-state index contributed by atoms with van der Waals surface area (Å²) in [5.74, 6) is 1.32. The number of unbranched alkanes of at least 4 members (excludes halogenated alkanes) is 3. The van der Waals surface area contributed by atoms with E-state index in [1.165, 1.54) is 19.3 Å². The van der Waals surface area contributed by atoms with E-state index in [4.69, 9.17) is 9.47 Å². The molecule has 4 nitrogen and oxygen atoms in total. The third-order valence-electron chi connectivity index (χ3n) is 3.34. The first-order chi connectivity index (χ1) is 9.72. The van der Waals surface area contributed by atoms with Crippen molar-refractivity contribution < 1.29 is 14.6 Å². The third-order valence-corrected chi connectivity index (χ3v) is 3.34. The molecule has 0 bridgehead atoms. The molecule has 20 heavy (non-hydrogen) atoms. The van der Waals surface area contributed by atoms with Gasteiger partial charge < -0.3 is 19.9 Å². The van der Waals surface area contributed by atoms with E-state index < -0.39 is 6.10 Å². The molecule has 1 rings (SSSR count). The summed E-state index contributed by atoms with van der Waals surface area (Å²) in [5.41, 5.74) is 0.837. The van der Waals surface area contributed by atoms with Crippen molar-refractivity contribution in [2.45, 2.75) is 38.7 Å². The normalized spacial score (nSPS) is 12.2. The molecule has 0 aliphatic carbocycles. The van der Waals surface area contributed by atoms with Gasteiger partial charge in [0.1, 0.15) is 0 Å². The predicted molar refractivity (Wildman–Crippen MR) is 81.5 cm³/mol. The van der Waals surface area contributed by atoms with Crippen molar-refractivity contribution in [3.05, 3.63) is 23.8 Å². The van der Waals surface area contributed by atoms with Crippen LogP contribution in [-0.4, -0.2) is 32.4 Å². The molecule has 0 heterocycles. The van der Waals surface area contributed by atoms with Crippen molar-refractivity contribution in [1.29, 1.82) is 0 Å². The Labute approximate surface area is 122 Å². The maximum absolute atomic E-state index is 10.1. The van der Waals surface area contributed by atoms with Gasteiger partial charge in [-0.2, -0.15) is 0 Å². The van der Waals surface area contributed by atoms with Crippen molar-refractivity contribution in [1.82, 2.24) is 5.32 Å². The van der Waals surface area contributed by atoms with Gasteiger partial charge in [0, 0.05) is 6.54 Å². The van der Waals surface area contributed by atoms with Gasteiger partial charge in [-0.15, -0.1) is 0 Å². The van der Waals surface area contributed by atoms with E-state index in [1.807, 2.05) is 18.2 Å². The Balaban J connectivity index is 2.41. The lowest BCUT2D eigenvalue weighted by atomic mass is 10.1. The van der Waals surface area contributed by atoms with E-state index in [2.05, 4.69) is 12.2 Å². The molecule has 0 saturated heterocycles. The van der Waals surface area contributed by atoms with Crippen LogP contribution in [0.2, 0.25) is 0 Å². The Bertz CT molecular complexity index is 382. The lowest BCUT2D eigenvalue weighted by Gasteiger charge is -2.15. The van der Waals surface area contributed by atoms with E-state index in [0.717, 1.165) is 18.5 Å². The SMILES string of the molecule is CCCCCCNCC(O)c1ccc(OC)c(OC)c1. The molecule has 0 fully saturated rings. The van der Waals surface area contributed by atoms with Gasteiger partial charge in [0.2, 0.25) is 0 Å². The zero-order valence-corrected chi connectivity index (χ0v) is 12.8. The Kier molecular flexibility index (Phi) is 8.07. The van der Waals surface area contributed by atoms with Crippen LogP contribution in [0, 0.1) is 0 Å². The standard InChI is InChI=1S/C16H27NO3/c1-4-5-6-7-10-17-12-14(18)13-8-9-15(19-2)16(11-13)20-3/h8-9,11,14,17-18H,4-7,10,12H2,1-3H3. The smallest absolute Gasteiger partial charge is 0.161 e. The monoisotopic (exact) mass is 281 g/mol. The molecular formula is C16H27NO3. The summed E-state index contributed by atoms with van der Waals surface area (Å²) in [5, 5.41) is 13.4. The molecule has 0 saturated carbocycles. The molecule has 1 aromatic rings. The lowest BCUT2D eigenvalue weighted by molar-refractivity contribution is 0.174. The van der Waals surface area contributed by atoms with Gasteiger partial charge in [-0.25, -0.2) is 0 Å². The van der Waals surface area contributed by atoms with Crippen molar-refractivity contribution in [3.63, 3.8) is 0 Å². The number of ether oxygens (including phenoxy) is 2. The number of benzene rings is 1. The quantitative estimate of drug-likeness (QED) is 0.647. The summed E-state index contributed by atoms with van der Waals surface area (Å²) in [6.07, 6.45) is 4.40. The summed E-state index contributed by atoms with van der Waals surface area (Å²) in [4.78, 5) is 0. The number of hydrogen-bond acceptors (Lipinski definition) is 4. The first kappa shape index (κ1) is 16.8. The lowest BCUT2D eigenvalue weighted by Crippen LogP contribution is -2.22. The van der Waals surface area contributed by atoms with Gasteiger partial charge in [-0.05, 0) is 30.7 Å². The van der Waals surface area contributed by atoms with Crippen LogP contribution in [0.5, 0.6) is 11.5 Å². The average Bonchev–Trinajstić information content (AvgIpc) is 2.49. The second kappa shape index (κ2) is 9.61. The third kappa shape index (κ3) is 5.39. The zero-order chi connectivity index (χ0) is 14.8. The molecule has 0 radical (unpaired) electrons. The summed E-state index contributed by atoms with van der Waals surface area (Å²) in [6.45, 7) is 3.71. The highest BCUT2D eigenvalue weighted by Crippen LogP contribution is 2.29. The van der Waals surface area contributed by atoms with Crippen LogP contribution in [-0.2, 0) is 0 Å². The predicted octanol–water partition coefficient (Wildman–Crippen LogP) is 2.91. The Morgan fingerprint density at radius 2 is 1.85 bits per heavy atom. The second-order valence-electron chi connectivity index (χ2n) is 4.90. The Morgan fingerprint density at radius 1 is 1.10 bits per heavy atom. The first-order valence-electron chi connectivity index (χ1n) is 7.33. The van der Waals surface area contributed by atoms with Gasteiger partial charge in [0.05, 0.1) is 20.3 Å². The molecule has 0 aliphatic rings. The van der Waals surface area contributed by atoms with Gasteiger partial charge in [-0.3, -0.25) is 0 Å². The molecule has 1 unspecified atom stereocenters. The second-order valence-corrected chi connectivity index (χ2v) is 4.90. The topological polar surface area (TPSA) is 50.7 Å². The number of rotatable bonds is 10. The fourth-order valence-corrected chi connectivity index (χ4v) is 2.09. The Morgan fingerprint density at radius 3 is 2.50 bits per heavy atom. The molecule has 4 heteroatoms. The highest BCUT2D eigenvalue weighted by atomic mass is 16.5. The van der Waals surface area contributed by atoms with Crippen molar-refractivity contribution in [3.8, 4) is 11.5 Å². The summed E-state index contributed by atoms with van der Waals surface area (Å²) >= 11 is 0. The summed E-state index contributed by atoms with van der Waals surface area (Å²) in [7, 11) is 3.20. The van der Waals surface area contributed by atoms with Crippen LogP contribution in [0.3, 0.4) is 0 Å². The van der Waals surface area contributed by atoms with Gasteiger partial charge in [-0.1, -0.05) is 32.3 Å². The first-order valence-corrected chi connectivity index (χ1v) is 7.33. The molecule has 0 amide bonds. The maximum Gasteiger partial charge on any atom is 0.161 e. The van der Waals surface area contributed by atoms with E-state index in [0.29, 0.717) is 18.0 Å². The number of aliphatic hydroxyl groups is 1. The number of methoxy groups -OCH3 is 2. The minimum atomic E-state index is -0.527. The number of nitrogens with one attached hydrogen (secondary N) is 1. The minimum absolute atomic E-state index is 0.527. The van der Waals surface area contributed by atoms with E-state index in [1.54, 1.807) is 14.2 Å². The van der Waals surface area contributed by atoms with Crippen molar-refractivity contribution >= 4 is 0 Å². The maximum atomic E-state index is 10.1. The van der Waals surface area contributed by atoms with Crippen molar-refractivity contribution in [2.24, 2.45) is 0 Å². The van der Waals surface area contributed by atoms with Crippen molar-refractivity contribution in [2.75, 3.05) is 27.3 Å². The number of aliphatic hydroxyl groups excluding tert-OH is 1. The van der Waals surface area contributed by atoms with Gasteiger partial charge >= 0.3 is 0 Å². The van der Waals surface area contributed by atoms with Crippen LogP contribution in [0.1, 0.15) is 44.3 Å². The molecule has 0 aromatic heterocycles. The highest BCUT2D eigenvalue weighted by molar-refractivity contribution is 5.43. The largest absolute Gasteiger partial charge is 0.493 e. The summed E-state index contributed by atoms with van der Waals surface area (Å²) in [6, 6.07) is 5.51. The van der Waals surface area contributed by atoms with E-state index >= 15 is 0 Å². The molecular weight excluding hydrogens is 254 g/mol. The van der Waals surface area contributed by atoms with Crippen LogP contribution in [0.15, 0.2) is 18.2 Å². The molecule has 0 aliphatic heterocycles. The molecule has 1 atom stereocenters. The summed E-state index contributed by atoms with van der Waals surface area (Å²) < 4.78 is 10.4. The van der Waals surface area contributed by atoms with Gasteiger partial charge in [0.15, 0.2) is 11.5 Å². The molecule has 2 N–H and O–H groups in total. The van der Waals surface area contributed by atoms with Gasteiger partial charge in [0.25, 0.3) is 0 Å².